The Morgan fingerprint density at radius 3 is 2.50 bits per heavy atom. The van der Waals surface area contributed by atoms with Gasteiger partial charge in [0, 0.05) is 12.1 Å². The molecule has 0 radical (unpaired) electrons. The summed E-state index contributed by atoms with van der Waals surface area (Å²) in [5.41, 5.74) is -0.441. The Kier molecular flexibility index (Phi) is 3.30. The molecule has 0 unspecified atom stereocenters. The van der Waals surface area contributed by atoms with Crippen molar-refractivity contribution in [3.05, 3.63) is 47.5 Å². The van der Waals surface area contributed by atoms with E-state index < -0.39 is 17.6 Å². The summed E-state index contributed by atoms with van der Waals surface area (Å²) in [5.74, 6) is -0.547. The van der Waals surface area contributed by atoms with Gasteiger partial charge in [0.05, 0.1) is 11.8 Å². The van der Waals surface area contributed by atoms with Crippen LogP contribution in [0.4, 0.5) is 17.6 Å². The molecule has 96 valence electrons. The first-order valence-corrected chi connectivity index (χ1v) is 5.42. The van der Waals surface area contributed by atoms with E-state index in [0.717, 1.165) is 16.9 Å². The lowest BCUT2D eigenvalue weighted by Gasteiger charge is -2.05. The fourth-order valence-corrected chi connectivity index (χ4v) is 1.59. The van der Waals surface area contributed by atoms with Crippen molar-refractivity contribution < 1.29 is 17.6 Å². The van der Waals surface area contributed by atoms with E-state index in [1.54, 1.807) is 0 Å². The molecule has 1 heterocycles. The van der Waals surface area contributed by atoms with Gasteiger partial charge in [0.15, 0.2) is 0 Å². The highest BCUT2D eigenvalue weighted by Gasteiger charge is 2.32. The van der Waals surface area contributed by atoms with Crippen molar-refractivity contribution in [1.82, 2.24) is 9.78 Å². The third-order valence-corrected chi connectivity index (χ3v) is 2.63. The summed E-state index contributed by atoms with van der Waals surface area (Å²) in [7, 11) is 0. The second-order valence-electron chi connectivity index (χ2n) is 3.59. The highest BCUT2D eigenvalue weighted by molar-refractivity contribution is 6.17. The molecule has 0 saturated carbocycles. The van der Waals surface area contributed by atoms with Gasteiger partial charge in [-0.3, -0.25) is 0 Å². The molecule has 0 amide bonds. The summed E-state index contributed by atoms with van der Waals surface area (Å²) in [6.07, 6.45) is -3.11. The topological polar surface area (TPSA) is 17.8 Å². The summed E-state index contributed by atoms with van der Waals surface area (Å²) in [4.78, 5) is 0. The van der Waals surface area contributed by atoms with Gasteiger partial charge in [0.1, 0.15) is 11.5 Å². The van der Waals surface area contributed by atoms with Crippen molar-refractivity contribution in [2.45, 2.75) is 12.1 Å². The van der Waals surface area contributed by atoms with Crippen molar-refractivity contribution >= 4 is 11.6 Å². The normalized spacial score (nSPS) is 11.8. The number of aromatic nitrogens is 2. The summed E-state index contributed by atoms with van der Waals surface area (Å²) in [5, 5.41) is 3.49. The zero-order valence-corrected chi connectivity index (χ0v) is 9.63. The first kappa shape index (κ1) is 12.9. The third-order valence-electron chi connectivity index (χ3n) is 2.32. The molecule has 0 aliphatic rings. The smallest absolute Gasteiger partial charge is 0.237 e. The standard InChI is InChI=1S/C11H7ClF4N2/c12-4-7-1-2-10(9(13)3-7)18-6-8(5-17-18)11(14,15)16/h1-3,5-6H,4H2. The molecule has 0 atom stereocenters. The van der Waals surface area contributed by atoms with Crippen LogP contribution in [0.15, 0.2) is 30.6 Å². The molecule has 0 aliphatic carbocycles. The van der Waals surface area contributed by atoms with Crippen LogP contribution in [-0.4, -0.2) is 9.78 Å². The van der Waals surface area contributed by atoms with Gasteiger partial charge < -0.3 is 0 Å². The van der Waals surface area contributed by atoms with Gasteiger partial charge >= 0.3 is 6.18 Å². The number of hydrogen-bond acceptors (Lipinski definition) is 1. The average molecular weight is 279 g/mol. The van der Waals surface area contributed by atoms with E-state index >= 15 is 0 Å². The van der Waals surface area contributed by atoms with Gasteiger partial charge in [-0.2, -0.15) is 18.3 Å². The summed E-state index contributed by atoms with van der Waals surface area (Å²) in [6, 6.07) is 4.03. The monoisotopic (exact) mass is 278 g/mol. The number of nitrogens with zero attached hydrogens (tertiary/aromatic N) is 2. The van der Waals surface area contributed by atoms with Crippen LogP contribution < -0.4 is 0 Å². The Morgan fingerprint density at radius 1 is 1.28 bits per heavy atom. The zero-order chi connectivity index (χ0) is 13.3. The predicted molar refractivity (Wildman–Crippen MR) is 58.1 cm³/mol. The van der Waals surface area contributed by atoms with Gasteiger partial charge in [-0.05, 0) is 17.7 Å². The Bertz CT molecular complexity index is 562. The maximum atomic E-state index is 13.6. The Balaban J connectivity index is 2.40. The molecule has 0 fully saturated rings. The van der Waals surface area contributed by atoms with Crippen LogP contribution in [0.2, 0.25) is 0 Å². The number of hydrogen-bond donors (Lipinski definition) is 0. The molecule has 2 nitrogen and oxygen atoms in total. The molecule has 18 heavy (non-hydrogen) atoms. The summed E-state index contributed by atoms with van der Waals surface area (Å²) < 4.78 is 51.6. The van der Waals surface area contributed by atoms with E-state index in [-0.39, 0.29) is 11.6 Å². The van der Waals surface area contributed by atoms with Crippen molar-refractivity contribution in [2.75, 3.05) is 0 Å². The average Bonchev–Trinajstić information content (AvgIpc) is 2.77. The lowest BCUT2D eigenvalue weighted by molar-refractivity contribution is -0.137. The van der Waals surface area contributed by atoms with Gasteiger partial charge in [-0.15, -0.1) is 11.6 Å². The fourth-order valence-electron chi connectivity index (χ4n) is 1.42. The van der Waals surface area contributed by atoms with Gasteiger partial charge in [-0.1, -0.05) is 6.07 Å². The maximum Gasteiger partial charge on any atom is 0.419 e. The van der Waals surface area contributed by atoms with Gasteiger partial charge in [0.2, 0.25) is 0 Å². The maximum absolute atomic E-state index is 13.6. The molecular formula is C11H7ClF4N2. The van der Waals surface area contributed by atoms with Crippen LogP contribution in [0.5, 0.6) is 0 Å². The van der Waals surface area contributed by atoms with Crippen LogP contribution in [0, 0.1) is 5.82 Å². The molecule has 0 bridgehead atoms. The number of rotatable bonds is 2. The summed E-state index contributed by atoms with van der Waals surface area (Å²) in [6.45, 7) is 0. The van der Waals surface area contributed by atoms with Gasteiger partial charge in [0.25, 0.3) is 0 Å². The van der Waals surface area contributed by atoms with E-state index in [1.165, 1.54) is 12.1 Å². The van der Waals surface area contributed by atoms with Crippen molar-refractivity contribution in [3.63, 3.8) is 0 Å². The quantitative estimate of drug-likeness (QED) is 0.604. The molecule has 0 aliphatic heterocycles. The van der Waals surface area contributed by atoms with Crippen molar-refractivity contribution in [2.24, 2.45) is 0 Å². The fraction of sp³-hybridized carbons (Fsp3) is 0.182. The first-order chi connectivity index (χ1) is 8.41. The van der Waals surface area contributed by atoms with Crippen LogP contribution in [-0.2, 0) is 12.1 Å². The van der Waals surface area contributed by atoms with Gasteiger partial charge in [-0.25, -0.2) is 9.07 Å². The molecule has 0 spiro atoms. The number of halogens is 5. The SMILES string of the molecule is Fc1cc(CCl)ccc1-n1cc(C(F)(F)F)cn1. The number of alkyl halides is 4. The van der Waals surface area contributed by atoms with Crippen LogP contribution in [0.25, 0.3) is 5.69 Å². The lowest BCUT2D eigenvalue weighted by atomic mass is 10.2. The van der Waals surface area contributed by atoms with Crippen molar-refractivity contribution in [3.8, 4) is 5.69 Å². The minimum Gasteiger partial charge on any atom is -0.237 e. The van der Waals surface area contributed by atoms with Crippen LogP contribution in [0.1, 0.15) is 11.1 Å². The molecule has 1 aromatic heterocycles. The van der Waals surface area contributed by atoms with E-state index in [1.807, 2.05) is 0 Å². The second-order valence-corrected chi connectivity index (χ2v) is 3.86. The third kappa shape index (κ3) is 2.48. The van der Waals surface area contributed by atoms with E-state index in [4.69, 9.17) is 11.6 Å². The highest BCUT2D eigenvalue weighted by atomic mass is 35.5. The molecule has 0 N–H and O–H groups in total. The number of benzene rings is 1. The molecule has 2 aromatic rings. The summed E-state index contributed by atoms with van der Waals surface area (Å²) >= 11 is 5.52. The Labute approximate surface area is 105 Å². The Hall–Kier alpha value is -1.56. The van der Waals surface area contributed by atoms with Crippen LogP contribution in [0.3, 0.4) is 0 Å². The highest BCUT2D eigenvalue weighted by Crippen LogP contribution is 2.29. The minimum atomic E-state index is -4.50. The molecule has 7 heteroatoms. The van der Waals surface area contributed by atoms with E-state index in [2.05, 4.69) is 5.10 Å². The van der Waals surface area contributed by atoms with Crippen molar-refractivity contribution in [1.29, 1.82) is 0 Å². The largest absolute Gasteiger partial charge is 0.419 e. The molecule has 1 aromatic carbocycles. The molecule has 2 rings (SSSR count). The molecular weight excluding hydrogens is 272 g/mol. The van der Waals surface area contributed by atoms with Crippen LogP contribution >= 0.6 is 11.6 Å². The lowest BCUT2D eigenvalue weighted by Crippen LogP contribution is -2.03. The zero-order valence-electron chi connectivity index (χ0n) is 8.88. The first-order valence-electron chi connectivity index (χ1n) is 4.88. The Morgan fingerprint density at radius 2 is 2.00 bits per heavy atom. The van der Waals surface area contributed by atoms with E-state index in [0.29, 0.717) is 11.8 Å². The second kappa shape index (κ2) is 4.61. The minimum absolute atomic E-state index is 0.0561. The van der Waals surface area contributed by atoms with E-state index in [9.17, 15) is 17.6 Å². The predicted octanol–water partition coefficient (Wildman–Crippen LogP) is 3.77. The molecule has 0 saturated heterocycles.